The molecular formula is C22H23F3N4O. The topological polar surface area (TPSA) is 59.8 Å². The molecule has 0 bridgehead atoms. The molecule has 3 rings (SSSR count). The zero-order chi connectivity index (χ0) is 21.9. The lowest BCUT2D eigenvalue weighted by molar-refractivity contribution is -0.137. The number of aromatic nitrogens is 3. The number of amides is 1. The third-order valence-electron chi connectivity index (χ3n) is 4.67. The number of anilines is 1. The molecule has 1 amide bonds. The lowest BCUT2D eigenvalue weighted by atomic mass is 9.86. The summed E-state index contributed by atoms with van der Waals surface area (Å²) in [5.74, 6) is -0.669. The first-order chi connectivity index (χ1) is 14.0. The van der Waals surface area contributed by atoms with Crippen molar-refractivity contribution in [2.45, 2.75) is 45.2 Å². The Morgan fingerprint density at radius 3 is 2.40 bits per heavy atom. The molecular weight excluding hydrogens is 393 g/mol. The Morgan fingerprint density at radius 1 is 1.13 bits per heavy atom. The average molecular weight is 416 g/mol. The summed E-state index contributed by atoms with van der Waals surface area (Å²) in [6.45, 7) is 6.37. The predicted octanol–water partition coefficient (Wildman–Crippen LogP) is 5.15. The molecule has 0 fully saturated rings. The minimum atomic E-state index is -4.62. The molecule has 0 aliphatic rings. The zero-order valence-electron chi connectivity index (χ0n) is 17.0. The first-order valence-electron chi connectivity index (χ1n) is 9.49. The summed E-state index contributed by atoms with van der Waals surface area (Å²) in [4.78, 5) is 19.9. The lowest BCUT2D eigenvalue weighted by Gasteiger charge is -2.19. The molecule has 158 valence electrons. The van der Waals surface area contributed by atoms with Crippen LogP contribution in [0.5, 0.6) is 0 Å². The van der Waals surface area contributed by atoms with Gasteiger partial charge in [-0.3, -0.25) is 9.36 Å². The number of carbonyl (C=O) groups excluding carboxylic acids is 1. The molecule has 2 heterocycles. The Labute approximate surface area is 173 Å². The van der Waals surface area contributed by atoms with E-state index in [-0.39, 0.29) is 29.2 Å². The standard InChI is InChI=1S/C22H23F3N4O/c1-21(2,3)16-7-4-15(5-8-16)6-9-19(30)28-17-12-18(22(23,24)25)20(27-13-17)29-11-10-26-14-29/h4-5,7-8,10-14H,6,9H2,1-3H3,(H,28,30). The van der Waals surface area contributed by atoms with Gasteiger partial charge in [0, 0.05) is 18.8 Å². The minimum absolute atomic E-state index is 0.000675. The smallest absolute Gasteiger partial charge is 0.325 e. The van der Waals surface area contributed by atoms with Crippen LogP contribution in [0.25, 0.3) is 5.82 Å². The van der Waals surface area contributed by atoms with Crippen LogP contribution in [-0.2, 0) is 22.8 Å². The van der Waals surface area contributed by atoms with Gasteiger partial charge in [-0.15, -0.1) is 0 Å². The largest absolute Gasteiger partial charge is 0.420 e. The molecule has 0 aliphatic heterocycles. The number of halogens is 3. The molecule has 0 saturated carbocycles. The van der Waals surface area contributed by atoms with Crippen molar-refractivity contribution in [1.82, 2.24) is 14.5 Å². The van der Waals surface area contributed by atoms with Crippen LogP contribution >= 0.6 is 0 Å². The summed E-state index contributed by atoms with van der Waals surface area (Å²) in [5, 5.41) is 2.51. The second kappa shape index (κ2) is 8.30. The number of nitrogens with one attached hydrogen (secondary N) is 1. The summed E-state index contributed by atoms with van der Waals surface area (Å²) < 4.78 is 41.5. The van der Waals surface area contributed by atoms with Crippen LogP contribution in [0.3, 0.4) is 0 Å². The van der Waals surface area contributed by atoms with Crippen molar-refractivity contribution >= 4 is 11.6 Å². The second-order valence-corrected chi connectivity index (χ2v) is 8.06. The van der Waals surface area contributed by atoms with E-state index in [1.165, 1.54) is 35.0 Å². The first kappa shape index (κ1) is 21.5. The monoisotopic (exact) mass is 416 g/mol. The quantitative estimate of drug-likeness (QED) is 0.625. The summed E-state index contributed by atoms with van der Waals surface area (Å²) in [7, 11) is 0. The Kier molecular flexibility index (Phi) is 5.96. The fourth-order valence-electron chi connectivity index (χ4n) is 2.98. The lowest BCUT2D eigenvalue weighted by Crippen LogP contribution is -2.16. The Morgan fingerprint density at radius 2 is 1.83 bits per heavy atom. The molecule has 5 nitrogen and oxygen atoms in total. The molecule has 2 aromatic heterocycles. The number of aryl methyl sites for hydroxylation is 1. The van der Waals surface area contributed by atoms with E-state index in [0.717, 1.165) is 11.6 Å². The number of alkyl halides is 3. The van der Waals surface area contributed by atoms with E-state index in [4.69, 9.17) is 0 Å². The van der Waals surface area contributed by atoms with Crippen molar-refractivity contribution in [2.75, 3.05) is 5.32 Å². The van der Waals surface area contributed by atoms with Gasteiger partial charge in [-0.05, 0) is 29.0 Å². The summed E-state index contributed by atoms with van der Waals surface area (Å²) in [6, 6.07) is 8.88. The number of imidazole rings is 1. The Balaban J connectivity index is 1.68. The number of pyridine rings is 1. The third-order valence-corrected chi connectivity index (χ3v) is 4.67. The van der Waals surface area contributed by atoms with Crippen molar-refractivity contribution < 1.29 is 18.0 Å². The maximum absolute atomic E-state index is 13.5. The van der Waals surface area contributed by atoms with Gasteiger partial charge in [0.2, 0.25) is 5.91 Å². The number of hydrogen-bond acceptors (Lipinski definition) is 3. The van der Waals surface area contributed by atoms with Gasteiger partial charge in [-0.25, -0.2) is 9.97 Å². The highest BCUT2D eigenvalue weighted by Crippen LogP contribution is 2.34. The van der Waals surface area contributed by atoms with Gasteiger partial charge in [0.1, 0.15) is 17.7 Å². The number of rotatable bonds is 5. The number of hydrogen-bond donors (Lipinski definition) is 1. The maximum atomic E-state index is 13.5. The zero-order valence-corrected chi connectivity index (χ0v) is 17.0. The molecule has 0 atom stereocenters. The first-order valence-corrected chi connectivity index (χ1v) is 9.49. The highest BCUT2D eigenvalue weighted by Gasteiger charge is 2.35. The molecule has 0 spiro atoms. The van der Waals surface area contributed by atoms with Crippen molar-refractivity contribution in [2.24, 2.45) is 0 Å². The molecule has 0 radical (unpaired) electrons. The molecule has 30 heavy (non-hydrogen) atoms. The average Bonchev–Trinajstić information content (AvgIpc) is 3.20. The van der Waals surface area contributed by atoms with E-state index in [9.17, 15) is 18.0 Å². The summed E-state index contributed by atoms with van der Waals surface area (Å²) in [5.41, 5.74) is 1.28. The van der Waals surface area contributed by atoms with E-state index >= 15 is 0 Å². The second-order valence-electron chi connectivity index (χ2n) is 8.06. The number of nitrogens with zero attached hydrogens (tertiary/aromatic N) is 3. The predicted molar refractivity (Wildman–Crippen MR) is 108 cm³/mol. The Bertz CT molecular complexity index is 1000. The van der Waals surface area contributed by atoms with Gasteiger partial charge in [0.25, 0.3) is 0 Å². The Hall–Kier alpha value is -3.16. The van der Waals surface area contributed by atoms with Gasteiger partial charge < -0.3 is 5.32 Å². The molecule has 3 aromatic rings. The molecule has 1 aromatic carbocycles. The van der Waals surface area contributed by atoms with E-state index < -0.39 is 11.7 Å². The summed E-state index contributed by atoms with van der Waals surface area (Å²) >= 11 is 0. The fourth-order valence-corrected chi connectivity index (χ4v) is 2.98. The third kappa shape index (κ3) is 5.25. The van der Waals surface area contributed by atoms with Gasteiger partial charge in [0.05, 0.1) is 11.9 Å². The van der Waals surface area contributed by atoms with Crippen molar-refractivity contribution in [3.05, 3.63) is 71.9 Å². The minimum Gasteiger partial charge on any atom is -0.325 e. The van der Waals surface area contributed by atoms with Crippen molar-refractivity contribution in [3.8, 4) is 5.82 Å². The summed E-state index contributed by atoms with van der Waals surface area (Å²) in [6.07, 6.45) is 1.21. The van der Waals surface area contributed by atoms with Crippen LogP contribution < -0.4 is 5.32 Å². The van der Waals surface area contributed by atoms with Gasteiger partial charge in [-0.2, -0.15) is 13.2 Å². The van der Waals surface area contributed by atoms with Gasteiger partial charge in [-0.1, -0.05) is 45.0 Å². The highest BCUT2D eigenvalue weighted by atomic mass is 19.4. The van der Waals surface area contributed by atoms with Crippen molar-refractivity contribution in [3.63, 3.8) is 0 Å². The van der Waals surface area contributed by atoms with Crippen LogP contribution in [0.4, 0.5) is 18.9 Å². The maximum Gasteiger partial charge on any atom is 0.420 e. The normalized spacial score (nSPS) is 12.1. The van der Waals surface area contributed by atoms with E-state index in [0.29, 0.717) is 6.42 Å². The molecule has 1 N–H and O–H groups in total. The van der Waals surface area contributed by atoms with Gasteiger partial charge in [0.15, 0.2) is 0 Å². The van der Waals surface area contributed by atoms with E-state index in [1.807, 2.05) is 24.3 Å². The van der Waals surface area contributed by atoms with Crippen molar-refractivity contribution in [1.29, 1.82) is 0 Å². The number of benzene rings is 1. The number of carbonyl (C=O) groups is 1. The van der Waals surface area contributed by atoms with E-state index in [2.05, 4.69) is 36.1 Å². The van der Waals surface area contributed by atoms with Crippen LogP contribution in [0.15, 0.2) is 55.2 Å². The van der Waals surface area contributed by atoms with Crippen LogP contribution in [0.2, 0.25) is 0 Å². The van der Waals surface area contributed by atoms with Gasteiger partial charge >= 0.3 is 6.18 Å². The molecule has 8 heteroatoms. The van der Waals surface area contributed by atoms with Crippen LogP contribution in [-0.4, -0.2) is 20.4 Å². The molecule has 0 saturated heterocycles. The SMILES string of the molecule is CC(C)(C)c1ccc(CCC(=O)Nc2cnc(-n3ccnc3)c(C(F)(F)F)c2)cc1. The molecule has 0 unspecified atom stereocenters. The molecule has 0 aliphatic carbocycles. The van der Waals surface area contributed by atoms with E-state index in [1.54, 1.807) is 0 Å². The van der Waals surface area contributed by atoms with Crippen LogP contribution in [0.1, 0.15) is 43.9 Å². The highest BCUT2D eigenvalue weighted by molar-refractivity contribution is 5.90. The van der Waals surface area contributed by atoms with Crippen LogP contribution in [0, 0.1) is 0 Å². The fraction of sp³-hybridized carbons (Fsp3) is 0.318.